The highest BCUT2D eigenvalue weighted by atomic mass is 35.5. The molecule has 20 heavy (non-hydrogen) atoms. The largest absolute Gasteiger partial charge is 0.479 e. The van der Waals surface area contributed by atoms with Gasteiger partial charge in [-0.3, -0.25) is 4.79 Å². The zero-order chi connectivity index (χ0) is 14.9. The number of carboxylic acid groups (broad SMARTS) is 1. The summed E-state index contributed by atoms with van der Waals surface area (Å²) in [4.78, 5) is 24.9. The summed E-state index contributed by atoms with van der Waals surface area (Å²) in [5.74, 6) is -1.32. The second kappa shape index (κ2) is 5.81. The van der Waals surface area contributed by atoms with E-state index < -0.39 is 12.1 Å². The number of aliphatic carboxylic acids is 1. The van der Waals surface area contributed by atoms with Crippen LogP contribution in [0.2, 0.25) is 5.02 Å². The molecular formula is C14H16ClNO4. The SMILES string of the molecule is Cc1ccc(C(=O)N2CCOC(C(=O)O)C2)c(Cl)c1C. The molecule has 2 rings (SSSR count). The molecule has 0 aliphatic carbocycles. The lowest BCUT2D eigenvalue weighted by atomic mass is 10.0. The Balaban J connectivity index is 2.23. The van der Waals surface area contributed by atoms with Crippen LogP contribution in [0.5, 0.6) is 0 Å². The Kier molecular flexibility index (Phi) is 4.30. The van der Waals surface area contributed by atoms with E-state index in [9.17, 15) is 9.59 Å². The first-order valence-corrected chi connectivity index (χ1v) is 6.69. The van der Waals surface area contributed by atoms with Crippen molar-refractivity contribution >= 4 is 23.5 Å². The van der Waals surface area contributed by atoms with Crippen molar-refractivity contribution < 1.29 is 19.4 Å². The third-order valence-corrected chi connectivity index (χ3v) is 4.00. The van der Waals surface area contributed by atoms with Crippen LogP contribution in [0.4, 0.5) is 0 Å². The number of rotatable bonds is 2. The Bertz CT molecular complexity index is 558. The molecule has 1 N–H and O–H groups in total. The highest BCUT2D eigenvalue weighted by Crippen LogP contribution is 2.25. The van der Waals surface area contributed by atoms with Crippen molar-refractivity contribution in [1.29, 1.82) is 0 Å². The number of benzene rings is 1. The molecule has 1 heterocycles. The van der Waals surface area contributed by atoms with E-state index in [1.165, 1.54) is 4.90 Å². The zero-order valence-electron chi connectivity index (χ0n) is 11.4. The van der Waals surface area contributed by atoms with Crippen molar-refractivity contribution in [2.45, 2.75) is 20.0 Å². The molecule has 1 atom stereocenters. The van der Waals surface area contributed by atoms with Gasteiger partial charge in [0, 0.05) is 6.54 Å². The number of amides is 1. The molecule has 1 aromatic rings. The molecule has 1 saturated heterocycles. The standard InChI is InChI=1S/C14H16ClNO4/c1-8-3-4-10(12(15)9(8)2)13(17)16-5-6-20-11(7-16)14(18)19/h3-4,11H,5-7H2,1-2H3,(H,18,19). The Hall–Kier alpha value is -1.59. The molecule has 5 nitrogen and oxygen atoms in total. The highest BCUT2D eigenvalue weighted by molar-refractivity contribution is 6.34. The summed E-state index contributed by atoms with van der Waals surface area (Å²) in [6, 6.07) is 3.52. The van der Waals surface area contributed by atoms with Crippen LogP contribution in [0.15, 0.2) is 12.1 Å². The van der Waals surface area contributed by atoms with E-state index in [1.54, 1.807) is 6.07 Å². The summed E-state index contributed by atoms with van der Waals surface area (Å²) < 4.78 is 5.10. The first kappa shape index (κ1) is 14.8. The second-order valence-electron chi connectivity index (χ2n) is 4.82. The number of carbonyl (C=O) groups excluding carboxylic acids is 1. The quantitative estimate of drug-likeness (QED) is 0.905. The molecule has 1 aliphatic rings. The molecule has 1 aromatic carbocycles. The van der Waals surface area contributed by atoms with Crippen molar-refractivity contribution in [1.82, 2.24) is 4.90 Å². The Morgan fingerprint density at radius 3 is 2.75 bits per heavy atom. The first-order valence-electron chi connectivity index (χ1n) is 6.31. The third-order valence-electron chi connectivity index (χ3n) is 3.52. The predicted molar refractivity (Wildman–Crippen MR) is 74.2 cm³/mol. The number of ether oxygens (including phenoxy) is 1. The topological polar surface area (TPSA) is 66.8 Å². The molecule has 108 valence electrons. The summed E-state index contributed by atoms with van der Waals surface area (Å²) in [6.45, 7) is 4.40. The molecule has 6 heteroatoms. The molecule has 0 radical (unpaired) electrons. The number of carbonyl (C=O) groups is 2. The van der Waals surface area contributed by atoms with Gasteiger partial charge >= 0.3 is 5.97 Å². The maximum Gasteiger partial charge on any atom is 0.334 e. The van der Waals surface area contributed by atoms with Crippen molar-refractivity contribution in [2.24, 2.45) is 0 Å². The van der Waals surface area contributed by atoms with Gasteiger partial charge in [0.25, 0.3) is 5.91 Å². The van der Waals surface area contributed by atoms with Crippen LogP contribution in [0.1, 0.15) is 21.5 Å². The smallest absolute Gasteiger partial charge is 0.334 e. The Morgan fingerprint density at radius 1 is 1.40 bits per heavy atom. The van der Waals surface area contributed by atoms with Gasteiger partial charge in [-0.2, -0.15) is 0 Å². The summed E-state index contributed by atoms with van der Waals surface area (Å²) in [7, 11) is 0. The molecule has 0 aromatic heterocycles. The lowest BCUT2D eigenvalue weighted by Gasteiger charge is -2.31. The molecule has 1 fully saturated rings. The first-order chi connectivity index (χ1) is 9.41. The maximum atomic E-state index is 12.4. The molecule has 0 saturated carbocycles. The van der Waals surface area contributed by atoms with Crippen molar-refractivity contribution in [3.05, 3.63) is 33.8 Å². The van der Waals surface area contributed by atoms with Gasteiger partial charge in [0.1, 0.15) is 0 Å². The lowest BCUT2D eigenvalue weighted by Crippen LogP contribution is -2.48. The molecule has 0 bridgehead atoms. The average Bonchev–Trinajstić information content (AvgIpc) is 2.44. The van der Waals surface area contributed by atoms with E-state index in [0.717, 1.165) is 11.1 Å². The van der Waals surface area contributed by atoms with Crippen LogP contribution < -0.4 is 0 Å². The van der Waals surface area contributed by atoms with Crippen molar-refractivity contribution in [3.8, 4) is 0 Å². The van der Waals surface area contributed by atoms with Crippen LogP contribution >= 0.6 is 11.6 Å². The van der Waals surface area contributed by atoms with Crippen LogP contribution in [0.25, 0.3) is 0 Å². The Morgan fingerprint density at radius 2 is 2.10 bits per heavy atom. The number of carboxylic acids is 1. The van der Waals surface area contributed by atoms with E-state index in [0.29, 0.717) is 17.1 Å². The summed E-state index contributed by atoms with van der Waals surface area (Å²) in [6.07, 6.45) is -0.974. The fraction of sp³-hybridized carbons (Fsp3) is 0.429. The summed E-state index contributed by atoms with van der Waals surface area (Å²) >= 11 is 6.22. The van der Waals surface area contributed by atoms with Crippen molar-refractivity contribution in [3.63, 3.8) is 0 Å². The fourth-order valence-electron chi connectivity index (χ4n) is 2.10. The zero-order valence-corrected chi connectivity index (χ0v) is 12.1. The van der Waals surface area contributed by atoms with Gasteiger partial charge in [-0.25, -0.2) is 4.79 Å². The number of nitrogens with zero attached hydrogens (tertiary/aromatic N) is 1. The monoisotopic (exact) mass is 297 g/mol. The Labute approximate surface area is 122 Å². The van der Waals surface area contributed by atoms with E-state index in [4.69, 9.17) is 21.4 Å². The lowest BCUT2D eigenvalue weighted by molar-refractivity contribution is -0.154. The molecule has 1 unspecified atom stereocenters. The van der Waals surface area contributed by atoms with E-state index >= 15 is 0 Å². The van der Waals surface area contributed by atoms with Crippen LogP contribution in [-0.4, -0.2) is 47.7 Å². The minimum atomic E-state index is -1.06. The minimum Gasteiger partial charge on any atom is -0.479 e. The van der Waals surface area contributed by atoms with Gasteiger partial charge in [-0.1, -0.05) is 17.7 Å². The van der Waals surface area contributed by atoms with E-state index in [1.807, 2.05) is 19.9 Å². The normalized spacial score (nSPS) is 18.9. The van der Waals surface area contributed by atoms with Crippen LogP contribution in [-0.2, 0) is 9.53 Å². The summed E-state index contributed by atoms with van der Waals surface area (Å²) in [5, 5.41) is 9.38. The van der Waals surface area contributed by atoms with E-state index in [2.05, 4.69) is 0 Å². The average molecular weight is 298 g/mol. The molecule has 1 aliphatic heterocycles. The number of hydrogen-bond donors (Lipinski definition) is 1. The van der Waals surface area contributed by atoms with Gasteiger partial charge in [-0.05, 0) is 31.0 Å². The van der Waals surface area contributed by atoms with Gasteiger partial charge in [0.2, 0.25) is 0 Å². The highest BCUT2D eigenvalue weighted by Gasteiger charge is 2.30. The molecular weight excluding hydrogens is 282 g/mol. The van der Waals surface area contributed by atoms with Gasteiger partial charge in [0.05, 0.1) is 23.7 Å². The second-order valence-corrected chi connectivity index (χ2v) is 5.20. The maximum absolute atomic E-state index is 12.4. The number of hydrogen-bond acceptors (Lipinski definition) is 3. The number of aryl methyl sites for hydroxylation is 1. The van der Waals surface area contributed by atoms with Gasteiger partial charge in [-0.15, -0.1) is 0 Å². The van der Waals surface area contributed by atoms with Gasteiger partial charge < -0.3 is 14.7 Å². The number of morpholine rings is 1. The van der Waals surface area contributed by atoms with Crippen molar-refractivity contribution in [2.75, 3.05) is 19.7 Å². The molecule has 0 spiro atoms. The van der Waals surface area contributed by atoms with Crippen LogP contribution in [0, 0.1) is 13.8 Å². The van der Waals surface area contributed by atoms with Crippen LogP contribution in [0.3, 0.4) is 0 Å². The summed E-state index contributed by atoms with van der Waals surface area (Å²) in [5.41, 5.74) is 2.28. The third kappa shape index (κ3) is 2.78. The number of halogens is 1. The predicted octanol–water partition coefficient (Wildman–Crippen LogP) is 1.88. The molecule has 1 amide bonds. The van der Waals surface area contributed by atoms with Gasteiger partial charge in [0.15, 0.2) is 6.10 Å². The van der Waals surface area contributed by atoms with E-state index in [-0.39, 0.29) is 19.1 Å². The fourth-order valence-corrected chi connectivity index (χ4v) is 2.39. The minimum absolute atomic E-state index is 0.0391.